The van der Waals surface area contributed by atoms with E-state index in [2.05, 4.69) is 10.5 Å². The second-order valence-corrected chi connectivity index (χ2v) is 8.03. The van der Waals surface area contributed by atoms with E-state index in [0.29, 0.717) is 6.42 Å². The third-order valence-corrected chi connectivity index (χ3v) is 5.48. The van der Waals surface area contributed by atoms with E-state index in [1.807, 2.05) is 54.6 Å². The number of hydrogen-bond donors (Lipinski definition) is 4. The summed E-state index contributed by atoms with van der Waals surface area (Å²) >= 11 is 0. The van der Waals surface area contributed by atoms with Crippen molar-refractivity contribution < 1.29 is 29.4 Å². The van der Waals surface area contributed by atoms with Crippen molar-refractivity contribution in [2.24, 2.45) is 5.41 Å². The van der Waals surface area contributed by atoms with Gasteiger partial charge >= 0.3 is 5.97 Å². The highest BCUT2D eigenvalue weighted by molar-refractivity contribution is 5.91. The van der Waals surface area contributed by atoms with Crippen LogP contribution in [0.15, 0.2) is 65.2 Å². The second-order valence-electron chi connectivity index (χ2n) is 8.03. The summed E-state index contributed by atoms with van der Waals surface area (Å²) in [5.74, 6) is -2.26. The number of benzene rings is 2. The Morgan fingerprint density at radius 1 is 1.09 bits per heavy atom. The molecule has 0 saturated heterocycles. The Hall–Kier alpha value is -3.65. The summed E-state index contributed by atoms with van der Waals surface area (Å²) in [6, 6.07) is 18.2. The van der Waals surface area contributed by atoms with Gasteiger partial charge in [0.2, 0.25) is 5.76 Å². The third-order valence-electron chi connectivity index (χ3n) is 5.48. The van der Waals surface area contributed by atoms with Gasteiger partial charge in [-0.25, -0.2) is 0 Å². The molecule has 3 rings (SSSR count). The number of rotatable bonds is 10. The van der Waals surface area contributed by atoms with Gasteiger partial charge in [0.25, 0.3) is 11.8 Å². The Balaban J connectivity index is 1.81. The Morgan fingerprint density at radius 2 is 1.75 bits per heavy atom. The van der Waals surface area contributed by atoms with Gasteiger partial charge in [-0.2, -0.15) is 0 Å². The Kier molecular flexibility index (Phi) is 7.27. The van der Waals surface area contributed by atoms with Crippen molar-refractivity contribution in [3.8, 4) is 17.0 Å². The minimum Gasteiger partial charge on any atom is -0.491 e. The van der Waals surface area contributed by atoms with Crippen LogP contribution < -0.4 is 5.32 Å². The molecule has 0 bridgehead atoms. The zero-order chi connectivity index (χ0) is 23.1. The summed E-state index contributed by atoms with van der Waals surface area (Å²) in [7, 11) is 0. The summed E-state index contributed by atoms with van der Waals surface area (Å²) in [5.41, 5.74) is 1.80. The van der Waals surface area contributed by atoms with E-state index in [4.69, 9.17) is 4.52 Å². The van der Waals surface area contributed by atoms with Crippen molar-refractivity contribution in [3.63, 3.8) is 0 Å². The standard InChI is InChI=1S/C24H26N2O6/c1-24(11-12-27,23(30)31)15-19(25-22(29)20-14-21(28)26-32-20)13-16-7-9-18(10-8-16)17-5-3-2-4-6-17/h2-10,14,19,27H,11-13,15H2,1H3,(H,25,29)(H,26,28)(H,30,31)/t19-,24?/m1/s1. The van der Waals surface area contributed by atoms with Gasteiger partial charge in [0.1, 0.15) is 0 Å². The molecule has 1 heterocycles. The molecule has 3 aromatic rings. The monoisotopic (exact) mass is 438 g/mol. The Bertz CT molecular complexity index is 1050. The fraction of sp³-hybridized carbons (Fsp3) is 0.292. The van der Waals surface area contributed by atoms with Crippen LogP contribution in [0.2, 0.25) is 0 Å². The van der Waals surface area contributed by atoms with Crippen molar-refractivity contribution >= 4 is 11.9 Å². The third kappa shape index (κ3) is 5.73. The molecule has 0 saturated carbocycles. The molecule has 32 heavy (non-hydrogen) atoms. The van der Waals surface area contributed by atoms with Gasteiger partial charge in [-0.1, -0.05) is 54.6 Å². The predicted octanol–water partition coefficient (Wildman–Crippen LogP) is 3.25. The SMILES string of the molecule is CC(CCO)(C[C@@H](Cc1ccc(-c2ccccc2)cc1)NC(=O)c1cc(O)no1)C(=O)O. The number of carboxylic acid groups (broad SMARTS) is 1. The molecule has 0 aliphatic heterocycles. The number of nitrogens with zero attached hydrogens (tertiary/aromatic N) is 1. The van der Waals surface area contributed by atoms with Crippen LogP contribution >= 0.6 is 0 Å². The molecule has 4 N–H and O–H groups in total. The first-order valence-corrected chi connectivity index (χ1v) is 10.3. The number of hydrogen-bond acceptors (Lipinski definition) is 6. The number of aliphatic hydroxyl groups excluding tert-OH is 1. The van der Waals surface area contributed by atoms with Gasteiger partial charge in [-0.05, 0) is 48.0 Å². The lowest BCUT2D eigenvalue weighted by Crippen LogP contribution is -2.43. The number of aliphatic carboxylic acids is 1. The molecule has 2 atom stereocenters. The summed E-state index contributed by atoms with van der Waals surface area (Å²) in [4.78, 5) is 24.4. The first-order chi connectivity index (χ1) is 15.3. The highest BCUT2D eigenvalue weighted by Gasteiger charge is 2.36. The molecule has 0 aliphatic carbocycles. The van der Waals surface area contributed by atoms with Gasteiger partial charge in [-0.15, -0.1) is 0 Å². The Morgan fingerprint density at radius 3 is 2.31 bits per heavy atom. The minimum atomic E-state index is -1.24. The molecule has 8 heteroatoms. The van der Waals surface area contributed by atoms with Gasteiger partial charge in [0.15, 0.2) is 0 Å². The molecular weight excluding hydrogens is 412 g/mol. The average molecular weight is 438 g/mol. The van der Waals surface area contributed by atoms with Crippen LogP contribution in [0.25, 0.3) is 11.1 Å². The van der Waals surface area contributed by atoms with E-state index < -0.39 is 29.2 Å². The number of amides is 1. The van der Waals surface area contributed by atoms with E-state index in [1.165, 1.54) is 0 Å². The molecule has 168 valence electrons. The van der Waals surface area contributed by atoms with E-state index in [9.17, 15) is 24.9 Å². The minimum absolute atomic E-state index is 0.0464. The van der Waals surface area contributed by atoms with Crippen LogP contribution in [0, 0.1) is 5.41 Å². The number of aliphatic hydroxyl groups is 1. The number of aromatic hydroxyl groups is 1. The molecule has 0 radical (unpaired) electrons. The van der Waals surface area contributed by atoms with Crippen molar-refractivity contribution in [2.45, 2.75) is 32.2 Å². The summed E-state index contributed by atoms with van der Waals surface area (Å²) < 4.78 is 4.80. The number of carbonyl (C=O) groups is 2. The smallest absolute Gasteiger partial charge is 0.309 e. The van der Waals surface area contributed by atoms with Gasteiger partial charge in [0, 0.05) is 12.6 Å². The van der Waals surface area contributed by atoms with E-state index >= 15 is 0 Å². The zero-order valence-corrected chi connectivity index (χ0v) is 17.7. The zero-order valence-electron chi connectivity index (χ0n) is 17.7. The van der Waals surface area contributed by atoms with Crippen molar-refractivity contribution in [1.29, 1.82) is 0 Å². The first-order valence-electron chi connectivity index (χ1n) is 10.3. The molecule has 0 aliphatic rings. The van der Waals surface area contributed by atoms with Gasteiger partial charge in [0.05, 0.1) is 11.5 Å². The highest BCUT2D eigenvalue weighted by Crippen LogP contribution is 2.29. The molecule has 0 spiro atoms. The highest BCUT2D eigenvalue weighted by atomic mass is 16.5. The molecule has 0 fully saturated rings. The van der Waals surface area contributed by atoms with Crippen LogP contribution in [-0.2, 0) is 11.2 Å². The molecule has 2 aromatic carbocycles. The molecule has 1 aromatic heterocycles. The van der Waals surface area contributed by atoms with E-state index in [0.717, 1.165) is 22.8 Å². The lowest BCUT2D eigenvalue weighted by Gasteiger charge is -2.29. The van der Waals surface area contributed by atoms with Crippen LogP contribution in [0.4, 0.5) is 0 Å². The fourth-order valence-corrected chi connectivity index (χ4v) is 3.64. The normalized spacial score (nSPS) is 13.8. The molecule has 1 amide bonds. The first kappa shape index (κ1) is 23.0. The molecular formula is C24H26N2O6. The number of nitrogens with one attached hydrogen (secondary N) is 1. The predicted molar refractivity (Wildman–Crippen MR) is 117 cm³/mol. The van der Waals surface area contributed by atoms with Crippen LogP contribution in [0.5, 0.6) is 5.88 Å². The summed E-state index contributed by atoms with van der Waals surface area (Å²) in [6.07, 6.45) is 0.509. The lowest BCUT2D eigenvalue weighted by atomic mass is 9.79. The number of carboxylic acids is 1. The summed E-state index contributed by atoms with van der Waals surface area (Å²) in [6.45, 7) is 1.26. The summed E-state index contributed by atoms with van der Waals surface area (Å²) in [5, 5.41) is 34.5. The van der Waals surface area contributed by atoms with E-state index in [1.54, 1.807) is 6.92 Å². The molecule has 1 unspecified atom stereocenters. The number of carbonyl (C=O) groups excluding carboxylic acids is 1. The van der Waals surface area contributed by atoms with Crippen LogP contribution in [0.3, 0.4) is 0 Å². The van der Waals surface area contributed by atoms with Gasteiger partial charge < -0.3 is 25.2 Å². The maximum Gasteiger partial charge on any atom is 0.309 e. The number of aromatic nitrogens is 1. The topological polar surface area (TPSA) is 133 Å². The maximum absolute atomic E-state index is 12.6. The van der Waals surface area contributed by atoms with E-state index in [-0.39, 0.29) is 25.2 Å². The lowest BCUT2D eigenvalue weighted by molar-refractivity contribution is -0.149. The van der Waals surface area contributed by atoms with Crippen LogP contribution in [-0.4, -0.2) is 45.0 Å². The largest absolute Gasteiger partial charge is 0.491 e. The fourth-order valence-electron chi connectivity index (χ4n) is 3.64. The van der Waals surface area contributed by atoms with Crippen molar-refractivity contribution in [1.82, 2.24) is 10.5 Å². The van der Waals surface area contributed by atoms with Crippen molar-refractivity contribution in [2.75, 3.05) is 6.61 Å². The van der Waals surface area contributed by atoms with Gasteiger partial charge in [-0.3, -0.25) is 9.59 Å². The maximum atomic E-state index is 12.6. The Labute approximate surface area is 185 Å². The molecule has 8 nitrogen and oxygen atoms in total. The average Bonchev–Trinajstić information content (AvgIpc) is 3.21. The second kappa shape index (κ2) is 10.1. The van der Waals surface area contributed by atoms with Crippen LogP contribution in [0.1, 0.15) is 35.9 Å². The quantitative estimate of drug-likeness (QED) is 0.382. The van der Waals surface area contributed by atoms with Crippen molar-refractivity contribution in [3.05, 3.63) is 72.0 Å².